The van der Waals surface area contributed by atoms with E-state index < -0.39 is 0 Å². The number of anilines is 2. The zero-order valence-corrected chi connectivity index (χ0v) is 11.5. The first-order valence-corrected chi connectivity index (χ1v) is 5.97. The molecule has 100 valence electrons. The molecule has 0 aliphatic heterocycles. The van der Waals surface area contributed by atoms with E-state index in [0.717, 1.165) is 18.5 Å². The number of nitrogens with one attached hydrogen (secondary N) is 1. The summed E-state index contributed by atoms with van der Waals surface area (Å²) in [6.45, 7) is 9.05. The Labute approximate surface area is 108 Å². The number of hydrogen-bond donors (Lipinski definition) is 1. The minimum atomic E-state index is 0.339. The summed E-state index contributed by atoms with van der Waals surface area (Å²) in [5.41, 5.74) is 1.07. The fourth-order valence-corrected chi connectivity index (χ4v) is 1.16. The van der Waals surface area contributed by atoms with E-state index >= 15 is 0 Å². The molecular weight excluding hydrogens is 230 g/mol. The highest BCUT2D eigenvalue weighted by atomic mass is 16.5. The Morgan fingerprint density at radius 3 is 2.61 bits per heavy atom. The van der Waals surface area contributed by atoms with Gasteiger partial charge in [0.05, 0.1) is 6.61 Å². The second kappa shape index (κ2) is 6.78. The first-order valence-electron chi connectivity index (χ1n) is 5.97. The number of aromatic nitrogens is 3. The van der Waals surface area contributed by atoms with Gasteiger partial charge in [0.15, 0.2) is 0 Å². The van der Waals surface area contributed by atoms with E-state index in [-0.39, 0.29) is 0 Å². The molecule has 0 saturated heterocycles. The Kier molecular flexibility index (Phi) is 5.35. The van der Waals surface area contributed by atoms with Crippen LogP contribution in [-0.4, -0.2) is 42.2 Å². The highest BCUT2D eigenvalue weighted by Gasteiger charge is 2.08. The third-order valence-corrected chi connectivity index (χ3v) is 2.10. The van der Waals surface area contributed by atoms with Gasteiger partial charge in [0.2, 0.25) is 11.9 Å². The number of hydrogen-bond acceptors (Lipinski definition) is 6. The zero-order valence-electron chi connectivity index (χ0n) is 11.5. The molecule has 1 N–H and O–H groups in total. The monoisotopic (exact) mass is 251 g/mol. The Hall–Kier alpha value is -1.85. The van der Waals surface area contributed by atoms with Crippen LogP contribution in [0.15, 0.2) is 12.2 Å². The van der Waals surface area contributed by atoms with Crippen LogP contribution in [0.1, 0.15) is 20.3 Å². The molecule has 0 aliphatic rings. The van der Waals surface area contributed by atoms with Gasteiger partial charge in [-0.2, -0.15) is 15.0 Å². The molecule has 0 bridgehead atoms. The molecule has 0 atom stereocenters. The van der Waals surface area contributed by atoms with Gasteiger partial charge in [0.1, 0.15) is 0 Å². The largest absolute Gasteiger partial charge is 0.463 e. The molecule has 1 rings (SSSR count). The van der Waals surface area contributed by atoms with Crippen molar-refractivity contribution >= 4 is 11.9 Å². The molecular formula is C12H21N5O. The van der Waals surface area contributed by atoms with Crippen LogP contribution in [0.3, 0.4) is 0 Å². The topological polar surface area (TPSA) is 63.2 Å². The quantitative estimate of drug-likeness (QED) is 0.744. The van der Waals surface area contributed by atoms with Gasteiger partial charge in [-0.05, 0) is 13.8 Å². The summed E-state index contributed by atoms with van der Waals surface area (Å²) in [5.74, 6) is 1.10. The number of ether oxygens (including phenoxy) is 1. The summed E-state index contributed by atoms with van der Waals surface area (Å²) in [6, 6.07) is 0.339. The SMILES string of the molecule is C=C(C)CCOc1nc(NCC)nc(N(C)C)n1. The lowest BCUT2D eigenvalue weighted by molar-refractivity contribution is 0.296. The second-order valence-corrected chi connectivity index (χ2v) is 4.22. The van der Waals surface area contributed by atoms with Crippen molar-refractivity contribution in [2.75, 3.05) is 37.5 Å². The van der Waals surface area contributed by atoms with E-state index in [1.165, 1.54) is 0 Å². The summed E-state index contributed by atoms with van der Waals surface area (Å²) in [7, 11) is 3.76. The lowest BCUT2D eigenvalue weighted by Crippen LogP contribution is -2.16. The van der Waals surface area contributed by atoms with Crippen LogP contribution >= 0.6 is 0 Å². The van der Waals surface area contributed by atoms with Crippen LogP contribution in [0.5, 0.6) is 6.01 Å². The van der Waals surface area contributed by atoms with Crippen molar-refractivity contribution in [1.29, 1.82) is 0 Å². The summed E-state index contributed by atoms with van der Waals surface area (Å²) >= 11 is 0. The first kappa shape index (κ1) is 14.2. The average molecular weight is 251 g/mol. The summed E-state index contributed by atoms with van der Waals surface area (Å²) in [4.78, 5) is 14.5. The van der Waals surface area contributed by atoms with Gasteiger partial charge in [-0.25, -0.2) is 0 Å². The molecule has 0 saturated carbocycles. The molecule has 1 heterocycles. The van der Waals surface area contributed by atoms with Gasteiger partial charge < -0.3 is 15.0 Å². The lowest BCUT2D eigenvalue weighted by atomic mass is 10.3. The van der Waals surface area contributed by atoms with E-state index in [4.69, 9.17) is 4.74 Å². The maximum Gasteiger partial charge on any atom is 0.323 e. The third-order valence-electron chi connectivity index (χ3n) is 2.10. The fourth-order valence-electron chi connectivity index (χ4n) is 1.16. The van der Waals surface area contributed by atoms with Gasteiger partial charge in [0.25, 0.3) is 0 Å². The molecule has 6 nitrogen and oxygen atoms in total. The maximum absolute atomic E-state index is 5.50. The van der Waals surface area contributed by atoms with Crippen LogP contribution in [-0.2, 0) is 0 Å². The summed E-state index contributed by atoms with van der Waals surface area (Å²) in [6.07, 6.45) is 0.791. The highest BCUT2D eigenvalue weighted by molar-refractivity contribution is 5.36. The van der Waals surface area contributed by atoms with Gasteiger partial charge in [-0.1, -0.05) is 5.57 Å². The molecule has 0 spiro atoms. The van der Waals surface area contributed by atoms with Crippen molar-refractivity contribution in [2.24, 2.45) is 0 Å². The van der Waals surface area contributed by atoms with Crippen molar-refractivity contribution < 1.29 is 4.74 Å². The average Bonchev–Trinajstić information content (AvgIpc) is 2.28. The van der Waals surface area contributed by atoms with E-state index in [0.29, 0.717) is 24.5 Å². The van der Waals surface area contributed by atoms with E-state index in [1.807, 2.05) is 32.8 Å². The molecule has 0 aromatic carbocycles. The Morgan fingerprint density at radius 2 is 2.06 bits per heavy atom. The third kappa shape index (κ3) is 4.57. The van der Waals surface area contributed by atoms with Gasteiger partial charge in [-0.3, -0.25) is 0 Å². The molecule has 0 aliphatic carbocycles. The molecule has 6 heteroatoms. The number of nitrogens with zero attached hydrogens (tertiary/aromatic N) is 4. The zero-order chi connectivity index (χ0) is 13.5. The van der Waals surface area contributed by atoms with Crippen molar-refractivity contribution in [3.63, 3.8) is 0 Å². The lowest BCUT2D eigenvalue weighted by Gasteiger charge is -2.13. The Morgan fingerprint density at radius 1 is 1.33 bits per heavy atom. The van der Waals surface area contributed by atoms with E-state index in [9.17, 15) is 0 Å². The summed E-state index contributed by atoms with van der Waals surface area (Å²) < 4.78 is 5.50. The molecule has 0 amide bonds. The molecule has 0 unspecified atom stereocenters. The molecule has 0 radical (unpaired) electrons. The smallest absolute Gasteiger partial charge is 0.323 e. The Balaban J connectivity index is 2.78. The normalized spacial score (nSPS) is 10.0. The highest BCUT2D eigenvalue weighted by Crippen LogP contribution is 2.13. The molecule has 1 aromatic heterocycles. The van der Waals surface area contributed by atoms with E-state index in [1.54, 1.807) is 0 Å². The number of rotatable bonds is 7. The van der Waals surface area contributed by atoms with Crippen molar-refractivity contribution in [2.45, 2.75) is 20.3 Å². The van der Waals surface area contributed by atoms with Crippen molar-refractivity contribution in [1.82, 2.24) is 15.0 Å². The standard InChI is InChI=1S/C12H21N5O/c1-6-13-10-14-11(17(4)5)16-12(15-10)18-8-7-9(2)3/h2,6-8H2,1,3-5H3,(H,13,14,15,16). The van der Waals surface area contributed by atoms with Crippen LogP contribution in [0.4, 0.5) is 11.9 Å². The first-order chi connectivity index (χ1) is 8.52. The van der Waals surface area contributed by atoms with Crippen LogP contribution in [0.25, 0.3) is 0 Å². The van der Waals surface area contributed by atoms with Crippen LogP contribution in [0, 0.1) is 0 Å². The predicted octanol–water partition coefficient (Wildman–Crippen LogP) is 1.71. The van der Waals surface area contributed by atoms with Crippen molar-refractivity contribution in [3.8, 4) is 6.01 Å². The van der Waals surface area contributed by atoms with Crippen LogP contribution < -0.4 is 15.0 Å². The maximum atomic E-state index is 5.50. The Bertz CT molecular complexity index is 405. The summed E-state index contributed by atoms with van der Waals surface area (Å²) in [5, 5.41) is 3.06. The molecule has 1 aromatic rings. The molecule has 18 heavy (non-hydrogen) atoms. The predicted molar refractivity (Wildman–Crippen MR) is 73.2 cm³/mol. The van der Waals surface area contributed by atoms with Gasteiger partial charge in [-0.15, -0.1) is 6.58 Å². The fraction of sp³-hybridized carbons (Fsp3) is 0.583. The van der Waals surface area contributed by atoms with Gasteiger partial charge >= 0.3 is 6.01 Å². The minimum absolute atomic E-state index is 0.339. The van der Waals surface area contributed by atoms with Crippen LogP contribution in [0.2, 0.25) is 0 Å². The van der Waals surface area contributed by atoms with E-state index in [2.05, 4.69) is 26.8 Å². The van der Waals surface area contributed by atoms with Gasteiger partial charge in [0, 0.05) is 27.1 Å². The second-order valence-electron chi connectivity index (χ2n) is 4.22. The minimum Gasteiger partial charge on any atom is -0.463 e. The van der Waals surface area contributed by atoms with Crippen molar-refractivity contribution in [3.05, 3.63) is 12.2 Å². The molecule has 0 fully saturated rings.